The minimum absolute atomic E-state index is 0.0568. The Bertz CT molecular complexity index is 401. The highest BCUT2D eigenvalue weighted by Crippen LogP contribution is 2.25. The molecule has 6 nitrogen and oxygen atoms in total. The van der Waals surface area contributed by atoms with Gasteiger partial charge in [0.25, 0.3) is 10.2 Å². The average Bonchev–Trinajstić information content (AvgIpc) is 2.39. The first-order valence-electron chi connectivity index (χ1n) is 6.98. The molecule has 2 saturated heterocycles. The van der Waals surface area contributed by atoms with Crippen molar-refractivity contribution in [3.63, 3.8) is 0 Å². The lowest BCUT2D eigenvalue weighted by atomic mass is 10.1. The maximum atomic E-state index is 12.7. The summed E-state index contributed by atoms with van der Waals surface area (Å²) < 4.78 is 34.0. The van der Waals surface area contributed by atoms with E-state index in [1.807, 2.05) is 13.8 Å². The Morgan fingerprint density at radius 3 is 2.58 bits per heavy atom. The van der Waals surface area contributed by atoms with Gasteiger partial charge >= 0.3 is 0 Å². The van der Waals surface area contributed by atoms with E-state index in [9.17, 15) is 8.42 Å². The molecule has 0 aliphatic carbocycles. The molecule has 2 heterocycles. The van der Waals surface area contributed by atoms with Crippen molar-refractivity contribution < 1.29 is 18.3 Å². The van der Waals surface area contributed by atoms with Crippen molar-refractivity contribution in [3.8, 4) is 0 Å². The first-order valence-corrected chi connectivity index (χ1v) is 8.37. The van der Waals surface area contributed by atoms with Gasteiger partial charge in [0.15, 0.2) is 0 Å². The Labute approximate surface area is 115 Å². The quantitative estimate of drug-likeness (QED) is 0.806. The van der Waals surface area contributed by atoms with Crippen molar-refractivity contribution in [1.29, 1.82) is 0 Å². The molecule has 2 fully saturated rings. The second-order valence-electron chi connectivity index (χ2n) is 5.52. The highest BCUT2D eigenvalue weighted by atomic mass is 32.2. The number of ether oxygens (including phenoxy) is 1. The number of piperidine rings is 1. The molecule has 19 heavy (non-hydrogen) atoms. The monoisotopic (exact) mass is 292 g/mol. The van der Waals surface area contributed by atoms with Gasteiger partial charge in [0.2, 0.25) is 0 Å². The van der Waals surface area contributed by atoms with Crippen LogP contribution in [0.4, 0.5) is 0 Å². The van der Waals surface area contributed by atoms with Crippen molar-refractivity contribution in [3.05, 3.63) is 0 Å². The molecule has 3 unspecified atom stereocenters. The van der Waals surface area contributed by atoms with E-state index < -0.39 is 16.3 Å². The number of hydrogen-bond acceptors (Lipinski definition) is 4. The van der Waals surface area contributed by atoms with Gasteiger partial charge in [0.1, 0.15) is 0 Å². The molecule has 2 aliphatic heterocycles. The summed E-state index contributed by atoms with van der Waals surface area (Å²) in [6, 6.07) is -0.122. The summed E-state index contributed by atoms with van der Waals surface area (Å²) in [4.78, 5) is 0. The third-order valence-corrected chi connectivity index (χ3v) is 6.22. The number of morpholine rings is 1. The lowest BCUT2D eigenvalue weighted by Crippen LogP contribution is -2.58. The molecular weight excluding hydrogens is 268 g/mol. The van der Waals surface area contributed by atoms with E-state index in [4.69, 9.17) is 9.84 Å². The molecule has 0 aromatic heterocycles. The highest BCUT2D eigenvalue weighted by Gasteiger charge is 2.40. The second-order valence-corrected chi connectivity index (χ2v) is 7.35. The van der Waals surface area contributed by atoms with Crippen molar-refractivity contribution in [2.45, 2.75) is 51.3 Å². The van der Waals surface area contributed by atoms with Crippen molar-refractivity contribution in [2.24, 2.45) is 0 Å². The lowest BCUT2D eigenvalue weighted by Gasteiger charge is -2.42. The molecule has 2 aliphatic rings. The first-order chi connectivity index (χ1) is 8.96. The van der Waals surface area contributed by atoms with E-state index in [1.165, 1.54) is 4.31 Å². The van der Waals surface area contributed by atoms with E-state index in [0.717, 1.165) is 19.3 Å². The van der Waals surface area contributed by atoms with Gasteiger partial charge < -0.3 is 9.84 Å². The van der Waals surface area contributed by atoms with E-state index >= 15 is 0 Å². The Morgan fingerprint density at radius 1 is 1.21 bits per heavy atom. The van der Waals surface area contributed by atoms with Crippen LogP contribution in [0.25, 0.3) is 0 Å². The predicted molar refractivity (Wildman–Crippen MR) is 71.9 cm³/mol. The zero-order valence-electron chi connectivity index (χ0n) is 11.7. The normalized spacial score (nSPS) is 35.4. The van der Waals surface area contributed by atoms with Crippen LogP contribution in [-0.2, 0) is 14.9 Å². The molecule has 0 amide bonds. The molecule has 0 aromatic carbocycles. The van der Waals surface area contributed by atoms with Crippen LogP contribution in [0.1, 0.15) is 33.1 Å². The molecule has 0 spiro atoms. The van der Waals surface area contributed by atoms with Crippen LogP contribution in [0.2, 0.25) is 0 Å². The number of nitrogens with zero attached hydrogens (tertiary/aromatic N) is 2. The summed E-state index contributed by atoms with van der Waals surface area (Å²) >= 11 is 0. The van der Waals surface area contributed by atoms with Crippen LogP contribution in [0.3, 0.4) is 0 Å². The summed E-state index contributed by atoms with van der Waals surface area (Å²) in [6.45, 7) is 4.84. The van der Waals surface area contributed by atoms with Gasteiger partial charge in [-0.1, -0.05) is 6.42 Å². The number of aliphatic hydroxyl groups excluding tert-OH is 1. The lowest BCUT2D eigenvalue weighted by molar-refractivity contribution is -0.0535. The topological polar surface area (TPSA) is 70.1 Å². The SMILES string of the molecule is CC1CCCCN1S(=O)(=O)N1CC(CO)OCC1C. The number of aliphatic hydroxyl groups is 1. The van der Waals surface area contributed by atoms with Crippen molar-refractivity contribution in [2.75, 3.05) is 26.3 Å². The third kappa shape index (κ3) is 3.11. The van der Waals surface area contributed by atoms with E-state index in [2.05, 4.69) is 0 Å². The molecule has 0 radical (unpaired) electrons. The number of hydrogen-bond donors (Lipinski definition) is 1. The van der Waals surface area contributed by atoms with Crippen LogP contribution >= 0.6 is 0 Å². The summed E-state index contributed by atoms with van der Waals surface area (Å²) in [5.41, 5.74) is 0. The molecule has 112 valence electrons. The summed E-state index contributed by atoms with van der Waals surface area (Å²) in [5, 5.41) is 9.16. The fourth-order valence-electron chi connectivity index (χ4n) is 2.77. The minimum Gasteiger partial charge on any atom is -0.394 e. The standard InChI is InChI=1S/C12H24N2O4S/c1-10-5-3-4-6-13(10)19(16,17)14-7-12(8-15)18-9-11(14)2/h10-12,15H,3-9H2,1-2H3. The van der Waals surface area contributed by atoms with Crippen LogP contribution in [0, 0.1) is 0 Å². The van der Waals surface area contributed by atoms with Crippen molar-refractivity contribution in [1.82, 2.24) is 8.61 Å². The Kier molecular flexibility index (Phi) is 4.84. The maximum absolute atomic E-state index is 12.7. The molecule has 3 atom stereocenters. The largest absolute Gasteiger partial charge is 0.394 e. The fraction of sp³-hybridized carbons (Fsp3) is 1.00. The summed E-state index contributed by atoms with van der Waals surface area (Å²) in [6.07, 6.45) is 2.52. The van der Waals surface area contributed by atoms with E-state index in [0.29, 0.717) is 13.2 Å². The van der Waals surface area contributed by atoms with Gasteiger partial charge in [-0.05, 0) is 26.7 Å². The number of rotatable bonds is 3. The average molecular weight is 292 g/mol. The molecule has 0 saturated carbocycles. The third-order valence-electron chi connectivity index (χ3n) is 3.99. The van der Waals surface area contributed by atoms with Crippen LogP contribution in [0.5, 0.6) is 0 Å². The fourth-order valence-corrected chi connectivity index (χ4v) is 4.83. The predicted octanol–water partition coefficient (Wildman–Crippen LogP) is 0.187. The Hall–Kier alpha value is -0.210. The maximum Gasteiger partial charge on any atom is 0.282 e. The van der Waals surface area contributed by atoms with Gasteiger partial charge in [-0.2, -0.15) is 17.0 Å². The van der Waals surface area contributed by atoms with Gasteiger partial charge in [-0.15, -0.1) is 0 Å². The zero-order chi connectivity index (χ0) is 14.0. The highest BCUT2D eigenvalue weighted by molar-refractivity contribution is 7.86. The summed E-state index contributed by atoms with van der Waals surface area (Å²) in [7, 11) is -3.45. The second kappa shape index (κ2) is 6.05. The smallest absolute Gasteiger partial charge is 0.282 e. The van der Waals surface area contributed by atoms with Crippen LogP contribution < -0.4 is 0 Å². The van der Waals surface area contributed by atoms with Gasteiger partial charge in [0.05, 0.1) is 19.3 Å². The Balaban J connectivity index is 2.17. The minimum atomic E-state index is -3.45. The molecule has 1 N–H and O–H groups in total. The van der Waals surface area contributed by atoms with Crippen LogP contribution in [-0.4, -0.2) is 66.6 Å². The molecule has 7 heteroatoms. The van der Waals surface area contributed by atoms with Crippen LogP contribution in [0.15, 0.2) is 0 Å². The van der Waals surface area contributed by atoms with Gasteiger partial charge in [0, 0.05) is 25.2 Å². The zero-order valence-corrected chi connectivity index (χ0v) is 12.5. The molecular formula is C12H24N2O4S. The van der Waals surface area contributed by atoms with E-state index in [-0.39, 0.29) is 25.2 Å². The molecule has 2 rings (SSSR count). The van der Waals surface area contributed by atoms with Gasteiger partial charge in [-0.25, -0.2) is 0 Å². The first kappa shape index (κ1) is 15.2. The van der Waals surface area contributed by atoms with E-state index in [1.54, 1.807) is 4.31 Å². The Morgan fingerprint density at radius 2 is 1.95 bits per heavy atom. The van der Waals surface area contributed by atoms with Gasteiger partial charge in [-0.3, -0.25) is 0 Å². The molecule has 0 aromatic rings. The molecule has 0 bridgehead atoms. The summed E-state index contributed by atoms with van der Waals surface area (Å²) in [5.74, 6) is 0. The van der Waals surface area contributed by atoms with Crippen molar-refractivity contribution >= 4 is 10.2 Å².